The molecule has 0 aliphatic carbocycles. The maximum atomic E-state index is 10.9. The van der Waals surface area contributed by atoms with Gasteiger partial charge in [-0.2, -0.15) is 0 Å². The molecule has 0 aliphatic heterocycles. The third-order valence-electron chi connectivity index (χ3n) is 1.87. The van der Waals surface area contributed by atoms with Crippen molar-refractivity contribution < 1.29 is 9.90 Å². The highest BCUT2D eigenvalue weighted by molar-refractivity contribution is 14.1. The van der Waals surface area contributed by atoms with Crippen LogP contribution in [0.2, 0.25) is 0 Å². The van der Waals surface area contributed by atoms with E-state index in [-0.39, 0.29) is 5.56 Å². The number of carbonyl (C=O) groups is 1. The summed E-state index contributed by atoms with van der Waals surface area (Å²) < 4.78 is 0.843. The smallest absolute Gasteiger partial charge is 0.336 e. The van der Waals surface area contributed by atoms with E-state index in [1.807, 2.05) is 6.07 Å². The van der Waals surface area contributed by atoms with Crippen molar-refractivity contribution in [3.8, 4) is 0 Å². The summed E-state index contributed by atoms with van der Waals surface area (Å²) in [5.74, 6) is -0.962. The van der Waals surface area contributed by atoms with Crippen molar-refractivity contribution in [2.75, 3.05) is 0 Å². The van der Waals surface area contributed by atoms with Crippen molar-refractivity contribution in [3.63, 3.8) is 0 Å². The second kappa shape index (κ2) is 4.56. The van der Waals surface area contributed by atoms with Crippen molar-refractivity contribution in [2.24, 2.45) is 5.73 Å². The molecule has 3 nitrogen and oxygen atoms in total. The van der Waals surface area contributed by atoms with Crippen molar-refractivity contribution in [1.29, 1.82) is 0 Å². The third kappa shape index (κ3) is 2.13. The van der Waals surface area contributed by atoms with Crippen LogP contribution >= 0.6 is 22.6 Å². The lowest BCUT2D eigenvalue weighted by Gasteiger charge is -2.12. The maximum absolute atomic E-state index is 10.9. The van der Waals surface area contributed by atoms with E-state index in [1.165, 1.54) is 6.08 Å². The molecule has 74 valence electrons. The fourth-order valence-electron chi connectivity index (χ4n) is 1.18. The zero-order valence-electron chi connectivity index (χ0n) is 7.40. The summed E-state index contributed by atoms with van der Waals surface area (Å²) in [7, 11) is 0. The van der Waals surface area contributed by atoms with Crippen LogP contribution < -0.4 is 5.73 Å². The highest BCUT2D eigenvalue weighted by Gasteiger charge is 2.16. The topological polar surface area (TPSA) is 63.3 Å². The number of nitrogens with two attached hydrogens (primary N) is 1. The van der Waals surface area contributed by atoms with Crippen molar-refractivity contribution in [2.45, 2.75) is 6.04 Å². The Kier molecular flexibility index (Phi) is 3.65. The van der Waals surface area contributed by atoms with E-state index in [0.717, 1.165) is 3.57 Å². The molecule has 0 spiro atoms. The van der Waals surface area contributed by atoms with Crippen LogP contribution in [0.25, 0.3) is 0 Å². The molecule has 0 fully saturated rings. The summed E-state index contributed by atoms with van der Waals surface area (Å²) in [6.07, 6.45) is 1.53. The van der Waals surface area contributed by atoms with Gasteiger partial charge in [0.1, 0.15) is 0 Å². The van der Waals surface area contributed by atoms with Gasteiger partial charge in [0.25, 0.3) is 0 Å². The predicted octanol–water partition coefficient (Wildman–Crippen LogP) is 2.18. The van der Waals surface area contributed by atoms with E-state index in [0.29, 0.717) is 5.56 Å². The van der Waals surface area contributed by atoms with Crippen LogP contribution in [0.3, 0.4) is 0 Å². The SMILES string of the molecule is C=C[C@@H](N)c1c(I)cccc1C(=O)O. The molecule has 0 saturated carbocycles. The van der Waals surface area contributed by atoms with Crippen LogP contribution in [0.1, 0.15) is 22.0 Å². The molecule has 0 heterocycles. The number of rotatable bonds is 3. The lowest BCUT2D eigenvalue weighted by molar-refractivity contribution is 0.0695. The van der Waals surface area contributed by atoms with Crippen molar-refractivity contribution in [1.82, 2.24) is 0 Å². The summed E-state index contributed by atoms with van der Waals surface area (Å²) in [6, 6.07) is 4.63. The van der Waals surface area contributed by atoms with Gasteiger partial charge in [-0.25, -0.2) is 4.79 Å². The predicted molar refractivity (Wildman–Crippen MR) is 63.2 cm³/mol. The highest BCUT2D eigenvalue weighted by Crippen LogP contribution is 2.23. The largest absolute Gasteiger partial charge is 0.478 e. The molecule has 1 aromatic rings. The Balaban J connectivity index is 3.36. The monoisotopic (exact) mass is 303 g/mol. The molecule has 1 atom stereocenters. The van der Waals surface area contributed by atoms with Gasteiger partial charge in [0.15, 0.2) is 0 Å². The van der Waals surface area contributed by atoms with E-state index < -0.39 is 12.0 Å². The first kappa shape index (κ1) is 11.2. The van der Waals surface area contributed by atoms with Crippen LogP contribution in [-0.4, -0.2) is 11.1 Å². The fraction of sp³-hybridized carbons (Fsp3) is 0.100. The fourth-order valence-corrected chi connectivity index (χ4v) is 2.04. The molecule has 4 heteroatoms. The number of hydrogen-bond donors (Lipinski definition) is 2. The molecule has 0 saturated heterocycles. The summed E-state index contributed by atoms with van der Waals surface area (Å²) in [6.45, 7) is 3.56. The van der Waals surface area contributed by atoms with Crippen molar-refractivity contribution in [3.05, 3.63) is 45.6 Å². The number of hydrogen-bond acceptors (Lipinski definition) is 2. The van der Waals surface area contributed by atoms with E-state index in [1.54, 1.807) is 12.1 Å². The Labute approximate surface area is 95.8 Å². The molecule has 0 aliphatic rings. The van der Waals surface area contributed by atoms with Gasteiger partial charge in [-0.15, -0.1) is 6.58 Å². The molecular weight excluding hydrogens is 293 g/mol. The first-order valence-corrected chi connectivity index (χ1v) is 5.05. The van der Waals surface area contributed by atoms with Gasteiger partial charge in [0.2, 0.25) is 0 Å². The molecule has 0 bridgehead atoms. The Hall–Kier alpha value is -0.880. The Morgan fingerprint density at radius 2 is 2.29 bits per heavy atom. The normalized spacial score (nSPS) is 12.1. The van der Waals surface area contributed by atoms with Gasteiger partial charge in [-0.05, 0) is 34.7 Å². The van der Waals surface area contributed by atoms with E-state index in [9.17, 15) is 4.79 Å². The number of benzene rings is 1. The van der Waals surface area contributed by atoms with Crippen LogP contribution in [0.15, 0.2) is 30.9 Å². The van der Waals surface area contributed by atoms with Crippen LogP contribution in [0.5, 0.6) is 0 Å². The lowest BCUT2D eigenvalue weighted by atomic mass is 10.0. The minimum absolute atomic E-state index is 0.240. The van der Waals surface area contributed by atoms with Crippen LogP contribution in [0.4, 0.5) is 0 Å². The Morgan fingerprint density at radius 3 is 2.79 bits per heavy atom. The first-order valence-electron chi connectivity index (χ1n) is 3.97. The first-order chi connectivity index (χ1) is 6.57. The standard InChI is InChI=1S/C10H10INO2/c1-2-8(12)9-6(10(13)14)4-3-5-7(9)11/h2-5,8H,1,12H2,(H,13,14)/t8-/m1/s1. The number of halogens is 1. The molecule has 0 radical (unpaired) electrons. The lowest BCUT2D eigenvalue weighted by Crippen LogP contribution is -2.14. The molecule has 0 unspecified atom stereocenters. The maximum Gasteiger partial charge on any atom is 0.336 e. The Morgan fingerprint density at radius 1 is 1.64 bits per heavy atom. The molecule has 0 amide bonds. The quantitative estimate of drug-likeness (QED) is 0.664. The number of aromatic carboxylic acids is 1. The van der Waals surface area contributed by atoms with Crippen LogP contribution in [-0.2, 0) is 0 Å². The number of carboxylic acids is 1. The van der Waals surface area contributed by atoms with Gasteiger partial charge in [0.05, 0.1) is 5.56 Å². The van der Waals surface area contributed by atoms with Gasteiger partial charge in [-0.3, -0.25) is 0 Å². The van der Waals surface area contributed by atoms with Crippen molar-refractivity contribution >= 4 is 28.6 Å². The van der Waals surface area contributed by atoms with Gasteiger partial charge < -0.3 is 10.8 Å². The third-order valence-corrected chi connectivity index (χ3v) is 2.81. The molecule has 1 rings (SSSR count). The second-order valence-corrected chi connectivity index (χ2v) is 3.93. The van der Waals surface area contributed by atoms with E-state index in [4.69, 9.17) is 10.8 Å². The summed E-state index contributed by atoms with van der Waals surface area (Å²) in [5, 5.41) is 8.94. The molecular formula is C10H10INO2. The average molecular weight is 303 g/mol. The average Bonchev–Trinajstić information content (AvgIpc) is 2.16. The van der Waals surface area contributed by atoms with E-state index >= 15 is 0 Å². The molecule has 1 aromatic carbocycles. The van der Waals surface area contributed by atoms with Crippen LogP contribution in [0, 0.1) is 3.57 Å². The summed E-state index contributed by atoms with van der Waals surface area (Å²) >= 11 is 2.07. The summed E-state index contributed by atoms with van der Waals surface area (Å²) in [5.41, 5.74) is 6.61. The molecule has 0 aromatic heterocycles. The minimum atomic E-state index is -0.962. The second-order valence-electron chi connectivity index (χ2n) is 2.77. The zero-order chi connectivity index (χ0) is 10.7. The van der Waals surface area contributed by atoms with Gasteiger partial charge in [-0.1, -0.05) is 12.1 Å². The minimum Gasteiger partial charge on any atom is -0.478 e. The van der Waals surface area contributed by atoms with Gasteiger partial charge >= 0.3 is 5.97 Å². The van der Waals surface area contributed by atoms with E-state index in [2.05, 4.69) is 29.2 Å². The summed E-state index contributed by atoms with van der Waals surface area (Å²) in [4.78, 5) is 10.9. The zero-order valence-corrected chi connectivity index (χ0v) is 9.56. The number of carboxylic acid groups (broad SMARTS) is 1. The highest BCUT2D eigenvalue weighted by atomic mass is 127. The Bertz CT molecular complexity index is 376. The molecule has 14 heavy (non-hydrogen) atoms. The molecule has 3 N–H and O–H groups in total. The van der Waals surface area contributed by atoms with Gasteiger partial charge in [0, 0.05) is 15.2 Å².